The summed E-state index contributed by atoms with van der Waals surface area (Å²) in [7, 11) is 0. The number of hydrogen-bond donors (Lipinski definition) is 1. The molecular weight excluding hydrogens is 184 g/mol. The van der Waals surface area contributed by atoms with Crippen molar-refractivity contribution in [2.75, 3.05) is 26.2 Å². The molecule has 0 aromatic rings. The maximum Gasteiger partial charge on any atom is 0.0172 e. The van der Waals surface area contributed by atoms with Gasteiger partial charge in [-0.3, -0.25) is 0 Å². The Morgan fingerprint density at radius 2 is 1.93 bits per heavy atom. The minimum atomic E-state index is 0.621. The van der Waals surface area contributed by atoms with Gasteiger partial charge in [0.2, 0.25) is 0 Å². The van der Waals surface area contributed by atoms with Crippen molar-refractivity contribution in [3.8, 4) is 0 Å². The highest BCUT2D eigenvalue weighted by atomic mass is 15.1. The van der Waals surface area contributed by atoms with Crippen LogP contribution in [0.1, 0.15) is 41.0 Å². The molecule has 15 heavy (non-hydrogen) atoms. The lowest BCUT2D eigenvalue weighted by atomic mass is 10.1. The van der Waals surface area contributed by atoms with Crippen LogP contribution in [0, 0.1) is 5.92 Å². The normalized spacial score (nSPS) is 12.3. The third kappa shape index (κ3) is 5.83. The van der Waals surface area contributed by atoms with Crippen molar-refractivity contribution in [2.45, 2.75) is 41.0 Å². The van der Waals surface area contributed by atoms with Gasteiger partial charge >= 0.3 is 0 Å². The monoisotopic (exact) mass is 212 g/mol. The number of nitrogens with one attached hydrogen (secondary N) is 1. The van der Waals surface area contributed by atoms with Crippen LogP contribution < -0.4 is 5.32 Å². The molecule has 0 heterocycles. The van der Waals surface area contributed by atoms with E-state index < -0.39 is 0 Å². The molecule has 0 spiro atoms. The van der Waals surface area contributed by atoms with Crippen molar-refractivity contribution in [3.63, 3.8) is 0 Å². The number of likely N-dealkylation sites (N-methyl/N-ethyl adjacent to an activating group) is 1. The molecule has 0 fully saturated rings. The largest absolute Gasteiger partial charge is 0.375 e. The predicted octanol–water partition coefficient (Wildman–Crippen LogP) is 2.87. The second-order valence-electron chi connectivity index (χ2n) is 4.17. The average molecular weight is 212 g/mol. The fraction of sp³-hybridized carbons (Fsp3) is 0.846. The first-order valence-corrected chi connectivity index (χ1v) is 6.32. The lowest BCUT2D eigenvalue weighted by molar-refractivity contribution is 0.326. The molecule has 0 aliphatic rings. The van der Waals surface area contributed by atoms with Crippen LogP contribution in [0.3, 0.4) is 0 Å². The minimum Gasteiger partial charge on any atom is -0.375 e. The Morgan fingerprint density at radius 1 is 1.27 bits per heavy atom. The number of allylic oxidation sites excluding steroid dienone is 1. The Hall–Kier alpha value is -0.500. The van der Waals surface area contributed by atoms with Crippen LogP contribution in [-0.2, 0) is 0 Å². The summed E-state index contributed by atoms with van der Waals surface area (Å²) in [6.45, 7) is 15.5. The highest BCUT2D eigenvalue weighted by Crippen LogP contribution is 2.15. The molecule has 90 valence electrons. The Bertz CT molecular complexity index is 173. The Labute approximate surface area is 95.7 Å². The molecule has 0 saturated heterocycles. The van der Waals surface area contributed by atoms with Crippen LogP contribution in [0.15, 0.2) is 11.8 Å². The van der Waals surface area contributed by atoms with E-state index in [0.29, 0.717) is 5.92 Å². The molecule has 0 amide bonds. The molecule has 0 radical (unpaired) electrons. The minimum absolute atomic E-state index is 0.621. The number of nitrogens with zero attached hydrogens (tertiary/aromatic N) is 1. The summed E-state index contributed by atoms with van der Waals surface area (Å²) >= 11 is 0. The quantitative estimate of drug-likeness (QED) is 0.622. The highest BCUT2D eigenvalue weighted by molar-refractivity contribution is 5.05. The van der Waals surface area contributed by atoms with Gasteiger partial charge in [0, 0.05) is 25.3 Å². The molecular formula is C13H28N2. The van der Waals surface area contributed by atoms with Crippen molar-refractivity contribution in [1.82, 2.24) is 10.2 Å². The zero-order valence-electron chi connectivity index (χ0n) is 11.1. The van der Waals surface area contributed by atoms with Gasteiger partial charge in [0.05, 0.1) is 0 Å². The van der Waals surface area contributed by atoms with Crippen LogP contribution in [0.4, 0.5) is 0 Å². The van der Waals surface area contributed by atoms with Crippen LogP contribution >= 0.6 is 0 Å². The molecule has 0 atom stereocenters. The maximum absolute atomic E-state index is 3.35. The first-order chi connectivity index (χ1) is 7.17. The summed E-state index contributed by atoms with van der Waals surface area (Å²) < 4.78 is 0. The van der Waals surface area contributed by atoms with E-state index in [2.05, 4.69) is 50.9 Å². The van der Waals surface area contributed by atoms with Gasteiger partial charge < -0.3 is 10.2 Å². The van der Waals surface area contributed by atoms with Crippen molar-refractivity contribution >= 4 is 0 Å². The molecule has 0 saturated carbocycles. The lowest BCUT2D eigenvalue weighted by Crippen LogP contribution is -2.27. The molecule has 0 aliphatic carbocycles. The summed E-state index contributed by atoms with van der Waals surface area (Å²) in [5.41, 5.74) is 1.49. The third-order valence-electron chi connectivity index (χ3n) is 2.54. The molecule has 0 unspecified atom stereocenters. The van der Waals surface area contributed by atoms with Crippen LogP contribution in [0.25, 0.3) is 0 Å². The molecule has 0 rings (SSSR count). The predicted molar refractivity (Wildman–Crippen MR) is 69.0 cm³/mol. The fourth-order valence-electron chi connectivity index (χ4n) is 1.79. The van der Waals surface area contributed by atoms with Gasteiger partial charge in [-0.2, -0.15) is 0 Å². The first-order valence-electron chi connectivity index (χ1n) is 6.32. The lowest BCUT2D eigenvalue weighted by Gasteiger charge is -2.28. The van der Waals surface area contributed by atoms with E-state index >= 15 is 0 Å². The summed E-state index contributed by atoms with van der Waals surface area (Å²) in [4.78, 5) is 2.49. The smallest absolute Gasteiger partial charge is 0.0172 e. The van der Waals surface area contributed by atoms with Gasteiger partial charge in [-0.05, 0) is 25.8 Å². The summed E-state index contributed by atoms with van der Waals surface area (Å²) in [5, 5.41) is 3.35. The van der Waals surface area contributed by atoms with E-state index in [1.165, 1.54) is 18.7 Å². The van der Waals surface area contributed by atoms with Crippen molar-refractivity contribution in [3.05, 3.63) is 11.8 Å². The third-order valence-corrected chi connectivity index (χ3v) is 2.54. The topological polar surface area (TPSA) is 15.3 Å². The standard InChI is InChI=1S/C13H28N2/c1-6-11-15(8-3)13(12(4)5)9-10-14-7-2/h9,12,14H,6-8,10-11H2,1-5H3/b13-9+. The second-order valence-corrected chi connectivity index (χ2v) is 4.17. The zero-order chi connectivity index (χ0) is 11.7. The van der Waals surface area contributed by atoms with Gasteiger partial charge in [-0.1, -0.05) is 33.8 Å². The van der Waals surface area contributed by atoms with E-state index in [-0.39, 0.29) is 0 Å². The summed E-state index contributed by atoms with van der Waals surface area (Å²) in [6.07, 6.45) is 3.56. The second kappa shape index (κ2) is 8.78. The first kappa shape index (κ1) is 14.5. The molecule has 1 N–H and O–H groups in total. The zero-order valence-corrected chi connectivity index (χ0v) is 11.1. The highest BCUT2D eigenvalue weighted by Gasteiger charge is 2.09. The molecule has 2 heteroatoms. The number of hydrogen-bond acceptors (Lipinski definition) is 2. The van der Waals surface area contributed by atoms with E-state index in [1.807, 2.05) is 0 Å². The summed E-state index contributed by atoms with van der Waals surface area (Å²) in [6, 6.07) is 0. The van der Waals surface area contributed by atoms with Crippen LogP contribution in [0.5, 0.6) is 0 Å². The van der Waals surface area contributed by atoms with E-state index in [4.69, 9.17) is 0 Å². The van der Waals surface area contributed by atoms with E-state index in [9.17, 15) is 0 Å². The van der Waals surface area contributed by atoms with E-state index in [0.717, 1.165) is 19.6 Å². The van der Waals surface area contributed by atoms with Crippen molar-refractivity contribution in [2.24, 2.45) is 5.92 Å². The van der Waals surface area contributed by atoms with Crippen molar-refractivity contribution in [1.29, 1.82) is 0 Å². The Morgan fingerprint density at radius 3 is 2.33 bits per heavy atom. The van der Waals surface area contributed by atoms with E-state index in [1.54, 1.807) is 0 Å². The molecule has 2 nitrogen and oxygen atoms in total. The Balaban J connectivity index is 4.39. The number of rotatable bonds is 8. The summed E-state index contributed by atoms with van der Waals surface area (Å²) in [5.74, 6) is 0.621. The fourth-order valence-corrected chi connectivity index (χ4v) is 1.79. The molecule has 0 aromatic carbocycles. The van der Waals surface area contributed by atoms with Crippen LogP contribution in [0.2, 0.25) is 0 Å². The van der Waals surface area contributed by atoms with Gasteiger partial charge in [0.15, 0.2) is 0 Å². The Kier molecular flexibility index (Phi) is 8.49. The van der Waals surface area contributed by atoms with Crippen LogP contribution in [-0.4, -0.2) is 31.1 Å². The molecule has 0 bridgehead atoms. The van der Waals surface area contributed by atoms with Gasteiger partial charge in [0.25, 0.3) is 0 Å². The van der Waals surface area contributed by atoms with Gasteiger partial charge in [-0.15, -0.1) is 0 Å². The van der Waals surface area contributed by atoms with Crippen molar-refractivity contribution < 1.29 is 0 Å². The molecule has 0 aromatic heterocycles. The van der Waals surface area contributed by atoms with Gasteiger partial charge in [-0.25, -0.2) is 0 Å². The SMILES string of the molecule is CCCN(CC)/C(=C/CNCC)C(C)C. The molecule has 0 aliphatic heterocycles. The van der Waals surface area contributed by atoms with Gasteiger partial charge in [0.1, 0.15) is 0 Å². The maximum atomic E-state index is 3.35. The average Bonchev–Trinajstić information content (AvgIpc) is 2.21.